The molecule has 1 aromatic rings. The predicted molar refractivity (Wildman–Crippen MR) is 62.6 cm³/mol. The van der Waals surface area contributed by atoms with Gasteiger partial charge in [-0.15, -0.1) is 0 Å². The molecule has 1 saturated carbocycles. The van der Waals surface area contributed by atoms with Gasteiger partial charge in [-0.25, -0.2) is 0 Å². The molecule has 90 valence electrons. The number of carbonyl (C=O) groups is 1. The lowest BCUT2D eigenvalue weighted by molar-refractivity contribution is -0.170. The average molecular weight is 232 g/mol. The molecule has 0 aromatic heterocycles. The van der Waals surface area contributed by atoms with E-state index in [2.05, 4.69) is 12.1 Å². The van der Waals surface area contributed by atoms with Gasteiger partial charge in [0.15, 0.2) is 0 Å². The molecule has 0 unspecified atom stereocenters. The van der Waals surface area contributed by atoms with Gasteiger partial charge in [-0.05, 0) is 42.7 Å². The highest BCUT2D eigenvalue weighted by atomic mass is 16.4. The van der Waals surface area contributed by atoms with Gasteiger partial charge in [0.05, 0.1) is 11.5 Å². The fourth-order valence-electron chi connectivity index (χ4n) is 3.41. The average Bonchev–Trinajstić information content (AvgIpc) is 2.67. The third kappa shape index (κ3) is 1.49. The summed E-state index contributed by atoms with van der Waals surface area (Å²) in [6.07, 6.45) is 2.10. The van der Waals surface area contributed by atoms with Crippen LogP contribution in [0.15, 0.2) is 24.3 Å². The molecule has 0 amide bonds. The Morgan fingerprint density at radius 2 is 1.71 bits per heavy atom. The summed E-state index contributed by atoms with van der Waals surface area (Å²) < 4.78 is 0. The smallest absolute Gasteiger partial charge is 0.310 e. The maximum atomic E-state index is 11.5. The summed E-state index contributed by atoms with van der Waals surface area (Å²) in [5.41, 5.74) is 1.87. The second-order valence-corrected chi connectivity index (χ2v) is 5.40. The summed E-state index contributed by atoms with van der Waals surface area (Å²) >= 11 is 0. The van der Waals surface area contributed by atoms with Crippen molar-refractivity contribution in [2.75, 3.05) is 0 Å². The second-order valence-electron chi connectivity index (χ2n) is 5.40. The van der Waals surface area contributed by atoms with Crippen LogP contribution in [0.25, 0.3) is 0 Å². The van der Waals surface area contributed by atoms with Gasteiger partial charge in [-0.1, -0.05) is 24.3 Å². The molecule has 2 aliphatic rings. The standard InChI is InChI=1S/C14H16O3/c15-12-7-14(8-12,13(16)17)11-5-9-3-1-2-4-10(9)6-11/h1-4,11-12,15H,5-8H2,(H,16,17). The first-order valence-electron chi connectivity index (χ1n) is 6.10. The Kier molecular flexibility index (Phi) is 2.26. The van der Waals surface area contributed by atoms with Gasteiger partial charge >= 0.3 is 5.97 Å². The maximum absolute atomic E-state index is 11.5. The molecule has 0 radical (unpaired) electrons. The lowest BCUT2D eigenvalue weighted by atomic mass is 9.58. The normalized spacial score (nSPS) is 31.9. The lowest BCUT2D eigenvalue weighted by Crippen LogP contribution is -2.52. The number of benzene rings is 1. The van der Waals surface area contributed by atoms with E-state index in [1.54, 1.807) is 0 Å². The van der Waals surface area contributed by atoms with Gasteiger partial charge in [0, 0.05) is 0 Å². The van der Waals surface area contributed by atoms with Gasteiger partial charge in [-0.2, -0.15) is 0 Å². The van der Waals surface area contributed by atoms with Crippen molar-refractivity contribution >= 4 is 5.97 Å². The molecule has 1 aromatic carbocycles. The summed E-state index contributed by atoms with van der Waals surface area (Å²) in [6.45, 7) is 0. The quantitative estimate of drug-likeness (QED) is 0.814. The Balaban J connectivity index is 1.86. The molecule has 2 aliphatic carbocycles. The molecule has 3 rings (SSSR count). The zero-order chi connectivity index (χ0) is 12.0. The van der Waals surface area contributed by atoms with E-state index in [0.29, 0.717) is 12.8 Å². The van der Waals surface area contributed by atoms with Crippen LogP contribution in [0.5, 0.6) is 0 Å². The Bertz CT molecular complexity index is 435. The van der Waals surface area contributed by atoms with Crippen LogP contribution in [0.2, 0.25) is 0 Å². The van der Waals surface area contributed by atoms with E-state index in [0.717, 1.165) is 12.8 Å². The predicted octanol–water partition coefficient (Wildman–Crippen LogP) is 1.63. The minimum atomic E-state index is -0.736. The highest BCUT2D eigenvalue weighted by Gasteiger charge is 2.55. The number of carboxylic acids is 1. The molecule has 0 saturated heterocycles. The summed E-state index contributed by atoms with van der Waals surface area (Å²) in [5, 5.41) is 18.9. The highest BCUT2D eigenvalue weighted by Crippen LogP contribution is 2.52. The molecule has 3 nitrogen and oxygen atoms in total. The van der Waals surface area contributed by atoms with Crippen LogP contribution in [-0.4, -0.2) is 22.3 Å². The zero-order valence-corrected chi connectivity index (χ0v) is 9.60. The van der Waals surface area contributed by atoms with Crippen molar-refractivity contribution in [2.24, 2.45) is 11.3 Å². The Hall–Kier alpha value is -1.35. The first kappa shape index (κ1) is 10.8. The van der Waals surface area contributed by atoms with Gasteiger partial charge < -0.3 is 10.2 Å². The lowest BCUT2D eigenvalue weighted by Gasteiger charge is -2.46. The van der Waals surface area contributed by atoms with Crippen LogP contribution >= 0.6 is 0 Å². The first-order valence-corrected chi connectivity index (χ1v) is 6.10. The fourth-order valence-corrected chi connectivity index (χ4v) is 3.41. The number of carboxylic acid groups (broad SMARTS) is 1. The van der Waals surface area contributed by atoms with Crippen LogP contribution in [0.3, 0.4) is 0 Å². The molecule has 0 spiro atoms. The zero-order valence-electron chi connectivity index (χ0n) is 9.60. The number of aliphatic hydroxyl groups is 1. The molecule has 0 bridgehead atoms. The molecule has 0 atom stereocenters. The van der Waals surface area contributed by atoms with Crippen molar-refractivity contribution < 1.29 is 15.0 Å². The maximum Gasteiger partial charge on any atom is 0.310 e. The van der Waals surface area contributed by atoms with Crippen molar-refractivity contribution in [3.8, 4) is 0 Å². The summed E-state index contributed by atoms with van der Waals surface area (Å²) in [5.74, 6) is -0.582. The molecule has 1 fully saturated rings. The molecule has 0 aliphatic heterocycles. The van der Waals surface area contributed by atoms with Crippen LogP contribution < -0.4 is 0 Å². The largest absolute Gasteiger partial charge is 0.481 e. The number of fused-ring (bicyclic) bond motifs is 1. The van der Waals surface area contributed by atoms with Crippen molar-refractivity contribution in [3.05, 3.63) is 35.4 Å². The minimum absolute atomic E-state index is 0.154. The highest BCUT2D eigenvalue weighted by molar-refractivity contribution is 5.77. The second kappa shape index (κ2) is 3.57. The SMILES string of the molecule is O=C(O)C1(C2Cc3ccccc3C2)CC(O)C1. The summed E-state index contributed by atoms with van der Waals surface area (Å²) in [6, 6.07) is 8.18. The Morgan fingerprint density at radius 1 is 1.18 bits per heavy atom. The van der Waals surface area contributed by atoms with Gasteiger partial charge in [0.1, 0.15) is 0 Å². The van der Waals surface area contributed by atoms with Crippen LogP contribution in [0, 0.1) is 11.3 Å². The number of aliphatic hydroxyl groups excluding tert-OH is 1. The molecule has 0 heterocycles. The monoisotopic (exact) mass is 232 g/mol. The van der Waals surface area contributed by atoms with Gasteiger partial charge in [-0.3, -0.25) is 4.79 Å². The van der Waals surface area contributed by atoms with Crippen molar-refractivity contribution in [1.82, 2.24) is 0 Å². The Morgan fingerprint density at radius 3 is 2.12 bits per heavy atom. The summed E-state index contributed by atoms with van der Waals surface area (Å²) in [4.78, 5) is 11.5. The molecule has 2 N–H and O–H groups in total. The van der Waals surface area contributed by atoms with Crippen LogP contribution in [0.4, 0.5) is 0 Å². The first-order chi connectivity index (χ1) is 8.12. The van der Waals surface area contributed by atoms with E-state index in [-0.39, 0.29) is 5.92 Å². The van der Waals surface area contributed by atoms with Crippen molar-refractivity contribution in [1.29, 1.82) is 0 Å². The van der Waals surface area contributed by atoms with Gasteiger partial charge in [0.25, 0.3) is 0 Å². The van der Waals surface area contributed by atoms with E-state index in [4.69, 9.17) is 0 Å². The Labute approximate surface area is 100 Å². The third-order valence-electron chi connectivity index (χ3n) is 4.46. The molecular formula is C14H16O3. The van der Waals surface area contributed by atoms with Gasteiger partial charge in [0.2, 0.25) is 0 Å². The number of hydrogen-bond acceptors (Lipinski definition) is 2. The van der Waals surface area contributed by atoms with E-state index in [1.807, 2.05) is 12.1 Å². The van der Waals surface area contributed by atoms with Crippen LogP contribution in [0.1, 0.15) is 24.0 Å². The number of hydrogen-bond donors (Lipinski definition) is 2. The molecular weight excluding hydrogens is 216 g/mol. The fraction of sp³-hybridized carbons (Fsp3) is 0.500. The van der Waals surface area contributed by atoms with Crippen molar-refractivity contribution in [3.63, 3.8) is 0 Å². The van der Waals surface area contributed by atoms with E-state index in [1.165, 1.54) is 11.1 Å². The number of rotatable bonds is 2. The minimum Gasteiger partial charge on any atom is -0.481 e. The van der Waals surface area contributed by atoms with Crippen LogP contribution in [-0.2, 0) is 17.6 Å². The number of aliphatic carboxylic acids is 1. The third-order valence-corrected chi connectivity index (χ3v) is 4.46. The van der Waals surface area contributed by atoms with E-state index in [9.17, 15) is 15.0 Å². The topological polar surface area (TPSA) is 57.5 Å². The van der Waals surface area contributed by atoms with E-state index < -0.39 is 17.5 Å². The molecule has 3 heteroatoms. The summed E-state index contributed by atoms with van der Waals surface area (Å²) in [7, 11) is 0. The van der Waals surface area contributed by atoms with Crippen molar-refractivity contribution in [2.45, 2.75) is 31.8 Å². The molecule has 17 heavy (non-hydrogen) atoms. The van der Waals surface area contributed by atoms with E-state index >= 15 is 0 Å².